The van der Waals surface area contributed by atoms with Gasteiger partial charge in [0.25, 0.3) is 0 Å². The van der Waals surface area contributed by atoms with Gasteiger partial charge in [-0.15, -0.1) is 0 Å². The molecule has 0 aliphatic carbocycles. The smallest absolute Gasteiger partial charge is 0.342 e. The number of aromatic nitrogens is 3. The molecule has 5 nitrogen and oxygen atoms in total. The number of carbonyl (C=O) groups excluding carboxylic acids is 1. The minimum absolute atomic E-state index is 0.120. The molecule has 0 fully saturated rings. The minimum atomic E-state index is -0.373. The molecular weight excluding hydrogens is 254 g/mol. The van der Waals surface area contributed by atoms with Crippen molar-refractivity contribution < 1.29 is 9.53 Å². The number of hydrogen-bond donors (Lipinski definition) is 1. The third-order valence-corrected chi connectivity index (χ3v) is 2.75. The summed E-state index contributed by atoms with van der Waals surface area (Å²) in [4.78, 5) is 23.1. The van der Waals surface area contributed by atoms with Crippen LogP contribution in [0.25, 0.3) is 11.0 Å². The van der Waals surface area contributed by atoms with Gasteiger partial charge >= 0.3 is 5.97 Å². The number of aryl methyl sites for hydroxylation is 1. The van der Waals surface area contributed by atoms with Crippen LogP contribution in [0, 0.1) is 0 Å². The number of fused-ring (bicyclic) bond motifs is 1. The van der Waals surface area contributed by atoms with Crippen LogP contribution in [-0.4, -0.2) is 27.5 Å². The van der Waals surface area contributed by atoms with E-state index < -0.39 is 0 Å². The molecule has 0 atom stereocenters. The molecule has 2 heterocycles. The third kappa shape index (κ3) is 2.31. The van der Waals surface area contributed by atoms with Crippen LogP contribution in [0.2, 0.25) is 5.28 Å². The van der Waals surface area contributed by atoms with Gasteiger partial charge in [0.15, 0.2) is 0 Å². The topological polar surface area (TPSA) is 67.9 Å². The fourth-order valence-electron chi connectivity index (χ4n) is 1.87. The number of esters is 1. The van der Waals surface area contributed by atoms with Gasteiger partial charge in [-0.25, -0.2) is 14.8 Å². The number of hydrogen-bond acceptors (Lipinski definition) is 4. The minimum Gasteiger partial charge on any atom is -0.462 e. The van der Waals surface area contributed by atoms with Gasteiger partial charge in [-0.05, 0) is 24.9 Å². The lowest BCUT2D eigenvalue weighted by Crippen LogP contribution is -2.07. The maximum atomic E-state index is 12.0. The molecule has 0 amide bonds. The Morgan fingerprint density at radius 3 is 2.94 bits per heavy atom. The lowest BCUT2D eigenvalue weighted by atomic mass is 10.1. The lowest BCUT2D eigenvalue weighted by molar-refractivity contribution is 0.0527. The molecule has 0 radical (unpaired) electrons. The van der Waals surface area contributed by atoms with Crippen molar-refractivity contribution >= 4 is 28.6 Å². The molecule has 2 aromatic rings. The maximum absolute atomic E-state index is 12.0. The van der Waals surface area contributed by atoms with Crippen LogP contribution in [0.1, 0.15) is 36.3 Å². The summed E-state index contributed by atoms with van der Waals surface area (Å²) in [5.74, 6) is -0.373. The average molecular weight is 268 g/mol. The second-order valence-electron chi connectivity index (χ2n) is 3.85. The highest BCUT2D eigenvalue weighted by Gasteiger charge is 2.20. The number of carbonyl (C=O) groups is 1. The molecular formula is C12H14ClN3O2. The number of nitrogens with zero attached hydrogens (tertiary/aromatic N) is 2. The Labute approximate surface area is 110 Å². The summed E-state index contributed by atoms with van der Waals surface area (Å²) in [6.45, 7) is 4.14. The van der Waals surface area contributed by atoms with Gasteiger partial charge in [-0.1, -0.05) is 13.3 Å². The van der Waals surface area contributed by atoms with Crippen molar-refractivity contribution in [2.45, 2.75) is 26.7 Å². The van der Waals surface area contributed by atoms with Crippen molar-refractivity contribution in [2.24, 2.45) is 0 Å². The van der Waals surface area contributed by atoms with Gasteiger partial charge in [0.05, 0.1) is 18.3 Å². The van der Waals surface area contributed by atoms with Crippen molar-refractivity contribution in [3.63, 3.8) is 0 Å². The second kappa shape index (κ2) is 5.35. The molecule has 0 saturated heterocycles. The first-order chi connectivity index (χ1) is 8.67. The van der Waals surface area contributed by atoms with E-state index in [1.165, 1.54) is 0 Å². The van der Waals surface area contributed by atoms with Crippen LogP contribution in [0.4, 0.5) is 0 Å². The number of ether oxygens (including phenoxy) is 1. The molecule has 0 unspecified atom stereocenters. The molecule has 0 bridgehead atoms. The van der Waals surface area contributed by atoms with Gasteiger partial charge in [0, 0.05) is 5.69 Å². The second-order valence-corrected chi connectivity index (χ2v) is 4.19. The zero-order chi connectivity index (χ0) is 13.1. The Morgan fingerprint density at radius 2 is 2.28 bits per heavy atom. The molecule has 0 aliphatic heterocycles. The molecule has 18 heavy (non-hydrogen) atoms. The van der Waals surface area contributed by atoms with Crippen LogP contribution in [0.15, 0.2) is 6.20 Å². The van der Waals surface area contributed by atoms with Gasteiger partial charge in [-0.3, -0.25) is 0 Å². The maximum Gasteiger partial charge on any atom is 0.342 e. The molecule has 0 aliphatic rings. The van der Waals surface area contributed by atoms with Crippen molar-refractivity contribution in [3.05, 3.63) is 22.7 Å². The van der Waals surface area contributed by atoms with E-state index in [0.717, 1.165) is 18.5 Å². The van der Waals surface area contributed by atoms with Gasteiger partial charge in [-0.2, -0.15) is 0 Å². The monoisotopic (exact) mass is 267 g/mol. The first kappa shape index (κ1) is 12.8. The summed E-state index contributed by atoms with van der Waals surface area (Å²) < 4.78 is 5.06. The van der Waals surface area contributed by atoms with E-state index in [1.54, 1.807) is 13.1 Å². The molecule has 0 saturated carbocycles. The lowest BCUT2D eigenvalue weighted by Gasteiger charge is -2.02. The Bertz CT molecular complexity index is 580. The molecule has 2 aromatic heterocycles. The predicted molar refractivity (Wildman–Crippen MR) is 68.9 cm³/mol. The Hall–Kier alpha value is -1.62. The largest absolute Gasteiger partial charge is 0.462 e. The highest BCUT2D eigenvalue weighted by Crippen LogP contribution is 2.23. The van der Waals surface area contributed by atoms with Crippen molar-refractivity contribution in [2.75, 3.05) is 6.61 Å². The van der Waals surface area contributed by atoms with Gasteiger partial charge in [0.2, 0.25) is 5.28 Å². The number of nitrogens with one attached hydrogen (secondary N) is 1. The SMILES string of the molecule is CCCc1[nH]c2cnc(Cl)nc2c1C(=O)OCC. The van der Waals surface area contributed by atoms with E-state index in [1.807, 2.05) is 6.92 Å². The van der Waals surface area contributed by atoms with E-state index in [-0.39, 0.29) is 11.3 Å². The Balaban J connectivity index is 2.60. The third-order valence-electron chi connectivity index (χ3n) is 2.56. The van der Waals surface area contributed by atoms with Gasteiger partial charge in [0.1, 0.15) is 11.1 Å². The number of rotatable bonds is 4. The summed E-state index contributed by atoms with van der Waals surface area (Å²) >= 11 is 5.77. The quantitative estimate of drug-likeness (QED) is 0.683. The van der Waals surface area contributed by atoms with Crippen LogP contribution < -0.4 is 0 Å². The molecule has 0 spiro atoms. The van der Waals surface area contributed by atoms with Crippen LogP contribution in [0.3, 0.4) is 0 Å². The van der Waals surface area contributed by atoms with E-state index in [0.29, 0.717) is 23.2 Å². The van der Waals surface area contributed by atoms with E-state index in [2.05, 4.69) is 15.0 Å². The number of aromatic amines is 1. The molecule has 96 valence electrons. The summed E-state index contributed by atoms with van der Waals surface area (Å²) in [6, 6.07) is 0. The predicted octanol–water partition coefficient (Wildman–Crippen LogP) is 2.74. The van der Waals surface area contributed by atoms with E-state index in [4.69, 9.17) is 16.3 Å². The van der Waals surface area contributed by atoms with Gasteiger partial charge < -0.3 is 9.72 Å². The molecule has 1 N–H and O–H groups in total. The molecule has 0 aromatic carbocycles. The molecule has 2 rings (SSSR count). The van der Waals surface area contributed by atoms with Crippen LogP contribution >= 0.6 is 11.6 Å². The van der Waals surface area contributed by atoms with Crippen molar-refractivity contribution in [1.82, 2.24) is 15.0 Å². The normalized spacial score (nSPS) is 10.8. The zero-order valence-corrected chi connectivity index (χ0v) is 11.0. The highest BCUT2D eigenvalue weighted by atomic mass is 35.5. The summed E-state index contributed by atoms with van der Waals surface area (Å²) in [5, 5.41) is 0.120. The standard InChI is InChI=1S/C12H14ClN3O2/c1-3-5-7-9(11(17)18-4-2)10-8(15-7)6-14-12(13)16-10/h6,15H,3-5H2,1-2H3. The highest BCUT2D eigenvalue weighted by molar-refractivity contribution is 6.28. The Kier molecular flexibility index (Phi) is 3.81. The van der Waals surface area contributed by atoms with Crippen molar-refractivity contribution in [1.29, 1.82) is 0 Å². The van der Waals surface area contributed by atoms with Crippen molar-refractivity contribution in [3.8, 4) is 0 Å². The first-order valence-corrected chi connectivity index (χ1v) is 6.25. The first-order valence-electron chi connectivity index (χ1n) is 5.87. The van der Waals surface area contributed by atoms with E-state index >= 15 is 0 Å². The van der Waals surface area contributed by atoms with E-state index in [9.17, 15) is 4.79 Å². The fourth-order valence-corrected chi connectivity index (χ4v) is 2.00. The average Bonchev–Trinajstić information content (AvgIpc) is 2.67. The van der Waals surface area contributed by atoms with Crippen LogP contribution in [0.5, 0.6) is 0 Å². The summed E-state index contributed by atoms with van der Waals surface area (Å²) in [7, 11) is 0. The van der Waals surface area contributed by atoms with Crippen LogP contribution in [-0.2, 0) is 11.2 Å². The molecule has 6 heteroatoms. The fraction of sp³-hybridized carbons (Fsp3) is 0.417. The zero-order valence-electron chi connectivity index (χ0n) is 10.3. The summed E-state index contributed by atoms with van der Waals surface area (Å²) in [5.41, 5.74) is 2.52. The number of halogens is 1. The number of H-pyrrole nitrogens is 1. The Morgan fingerprint density at radius 1 is 1.50 bits per heavy atom. The summed E-state index contributed by atoms with van der Waals surface area (Å²) in [6.07, 6.45) is 3.25.